The zero-order valence-corrected chi connectivity index (χ0v) is 10.2. The van der Waals surface area contributed by atoms with Crippen molar-refractivity contribution in [3.8, 4) is 5.75 Å². The standard InChI is InChI=1S/C12H12N2O3S/c13-14-12(16)11-8(4-5-17-11)7-18-10-3-1-2-9(15)6-10/h1-6,15H,7,13H2,(H,14,16). The van der Waals surface area contributed by atoms with Crippen LogP contribution in [0.1, 0.15) is 16.1 Å². The third-order valence-corrected chi connectivity index (χ3v) is 3.34. The van der Waals surface area contributed by atoms with E-state index in [4.69, 9.17) is 10.3 Å². The van der Waals surface area contributed by atoms with E-state index in [0.29, 0.717) is 5.75 Å². The Kier molecular flexibility index (Phi) is 3.91. The van der Waals surface area contributed by atoms with Gasteiger partial charge in [0.1, 0.15) is 5.75 Å². The number of furan rings is 1. The first-order valence-electron chi connectivity index (χ1n) is 5.20. The smallest absolute Gasteiger partial charge is 0.301 e. The van der Waals surface area contributed by atoms with Crippen LogP contribution in [0.5, 0.6) is 5.75 Å². The number of carbonyl (C=O) groups excluding carboxylic acids is 1. The zero-order chi connectivity index (χ0) is 13.0. The maximum absolute atomic E-state index is 11.4. The molecule has 0 aliphatic rings. The van der Waals surface area contributed by atoms with E-state index in [2.05, 4.69) is 0 Å². The molecule has 0 radical (unpaired) electrons. The molecule has 0 fully saturated rings. The van der Waals surface area contributed by atoms with Crippen LogP contribution in [0, 0.1) is 0 Å². The third kappa shape index (κ3) is 2.85. The van der Waals surface area contributed by atoms with Gasteiger partial charge in [0, 0.05) is 16.2 Å². The van der Waals surface area contributed by atoms with Gasteiger partial charge in [-0.25, -0.2) is 5.84 Å². The van der Waals surface area contributed by atoms with E-state index in [-0.39, 0.29) is 11.5 Å². The number of hydrazine groups is 1. The predicted molar refractivity (Wildman–Crippen MR) is 68.0 cm³/mol. The highest BCUT2D eigenvalue weighted by atomic mass is 32.2. The van der Waals surface area contributed by atoms with Crippen molar-refractivity contribution in [3.63, 3.8) is 0 Å². The molecule has 1 aromatic carbocycles. The molecule has 18 heavy (non-hydrogen) atoms. The second-order valence-corrected chi connectivity index (χ2v) is 4.58. The first-order valence-corrected chi connectivity index (χ1v) is 6.18. The van der Waals surface area contributed by atoms with Crippen molar-refractivity contribution < 1.29 is 14.3 Å². The summed E-state index contributed by atoms with van der Waals surface area (Å²) in [6.45, 7) is 0. The van der Waals surface area contributed by atoms with Crippen molar-refractivity contribution in [2.45, 2.75) is 10.6 Å². The fraction of sp³-hybridized carbons (Fsp3) is 0.0833. The lowest BCUT2D eigenvalue weighted by atomic mass is 10.3. The van der Waals surface area contributed by atoms with E-state index in [1.54, 1.807) is 24.3 Å². The molecular formula is C12H12N2O3S. The Morgan fingerprint density at radius 1 is 1.44 bits per heavy atom. The monoisotopic (exact) mass is 264 g/mol. The molecule has 4 N–H and O–H groups in total. The first kappa shape index (κ1) is 12.5. The van der Waals surface area contributed by atoms with Crippen molar-refractivity contribution in [3.05, 3.63) is 47.9 Å². The SMILES string of the molecule is NNC(=O)c1occc1CSc1cccc(O)c1. The van der Waals surface area contributed by atoms with Crippen LogP contribution < -0.4 is 11.3 Å². The van der Waals surface area contributed by atoms with Crippen LogP contribution in [0.25, 0.3) is 0 Å². The summed E-state index contributed by atoms with van der Waals surface area (Å²) in [5.41, 5.74) is 2.79. The number of nitrogens with two attached hydrogens (primary N) is 1. The van der Waals surface area contributed by atoms with Crippen molar-refractivity contribution in [2.75, 3.05) is 0 Å². The van der Waals surface area contributed by atoms with Gasteiger partial charge in [0.2, 0.25) is 0 Å². The molecule has 6 heteroatoms. The molecule has 1 amide bonds. The summed E-state index contributed by atoms with van der Waals surface area (Å²) in [6, 6.07) is 8.64. The second-order valence-electron chi connectivity index (χ2n) is 3.53. The lowest BCUT2D eigenvalue weighted by Gasteiger charge is -2.02. The summed E-state index contributed by atoms with van der Waals surface area (Å²) in [7, 11) is 0. The number of rotatable bonds is 4. The molecule has 0 aliphatic carbocycles. The normalized spacial score (nSPS) is 10.3. The van der Waals surface area contributed by atoms with Crippen LogP contribution in [0.15, 0.2) is 45.9 Å². The zero-order valence-electron chi connectivity index (χ0n) is 9.42. The van der Waals surface area contributed by atoms with Gasteiger partial charge in [-0.05, 0) is 24.3 Å². The maximum atomic E-state index is 11.4. The molecule has 0 atom stereocenters. The largest absolute Gasteiger partial charge is 0.508 e. The predicted octanol–water partition coefficient (Wildman–Crippen LogP) is 1.88. The molecule has 2 rings (SSSR count). The molecule has 0 aliphatic heterocycles. The van der Waals surface area contributed by atoms with E-state index in [9.17, 15) is 9.90 Å². The van der Waals surface area contributed by atoms with E-state index in [1.165, 1.54) is 18.0 Å². The first-order chi connectivity index (χ1) is 8.70. The number of phenols is 1. The fourth-order valence-electron chi connectivity index (χ4n) is 1.45. The number of thioether (sulfide) groups is 1. The number of phenolic OH excluding ortho intramolecular Hbond substituents is 1. The number of aromatic hydroxyl groups is 1. The summed E-state index contributed by atoms with van der Waals surface area (Å²) < 4.78 is 5.07. The minimum atomic E-state index is -0.452. The highest BCUT2D eigenvalue weighted by Gasteiger charge is 2.14. The van der Waals surface area contributed by atoms with E-state index < -0.39 is 5.91 Å². The minimum Gasteiger partial charge on any atom is -0.508 e. The Morgan fingerprint density at radius 2 is 2.28 bits per heavy atom. The van der Waals surface area contributed by atoms with E-state index in [0.717, 1.165) is 10.5 Å². The fourth-order valence-corrected chi connectivity index (χ4v) is 2.38. The minimum absolute atomic E-state index is 0.213. The molecule has 94 valence electrons. The van der Waals surface area contributed by atoms with Crippen LogP contribution in [-0.2, 0) is 5.75 Å². The van der Waals surface area contributed by atoms with Gasteiger partial charge in [0.15, 0.2) is 5.76 Å². The number of nitrogen functional groups attached to an aromatic ring is 1. The average Bonchev–Trinajstić information content (AvgIpc) is 2.84. The van der Waals surface area contributed by atoms with Crippen molar-refractivity contribution >= 4 is 17.7 Å². The number of benzene rings is 1. The van der Waals surface area contributed by atoms with Gasteiger partial charge in [0.25, 0.3) is 0 Å². The second kappa shape index (κ2) is 5.61. The van der Waals surface area contributed by atoms with Gasteiger partial charge in [-0.3, -0.25) is 10.2 Å². The Balaban J connectivity index is 2.07. The Labute approximate surface area is 108 Å². The molecule has 1 heterocycles. The highest BCUT2D eigenvalue weighted by Crippen LogP contribution is 2.27. The van der Waals surface area contributed by atoms with Crippen LogP contribution in [0.3, 0.4) is 0 Å². The van der Waals surface area contributed by atoms with Crippen LogP contribution in [-0.4, -0.2) is 11.0 Å². The van der Waals surface area contributed by atoms with E-state index >= 15 is 0 Å². The Morgan fingerprint density at radius 3 is 3.00 bits per heavy atom. The van der Waals surface area contributed by atoms with E-state index in [1.807, 2.05) is 11.5 Å². The van der Waals surface area contributed by atoms with Crippen LogP contribution in [0.4, 0.5) is 0 Å². The molecule has 2 aromatic rings. The molecule has 1 aromatic heterocycles. The lowest BCUT2D eigenvalue weighted by molar-refractivity contribution is 0.0925. The molecular weight excluding hydrogens is 252 g/mol. The van der Waals surface area contributed by atoms with Crippen LogP contribution >= 0.6 is 11.8 Å². The number of amides is 1. The van der Waals surface area contributed by atoms with Gasteiger partial charge < -0.3 is 9.52 Å². The summed E-state index contributed by atoms with van der Waals surface area (Å²) in [6.07, 6.45) is 1.45. The van der Waals surface area contributed by atoms with Gasteiger partial charge in [0.05, 0.1) is 6.26 Å². The van der Waals surface area contributed by atoms with Gasteiger partial charge >= 0.3 is 5.91 Å². The summed E-state index contributed by atoms with van der Waals surface area (Å²) in [4.78, 5) is 12.3. The molecule has 0 saturated heterocycles. The average molecular weight is 264 g/mol. The van der Waals surface area contributed by atoms with Gasteiger partial charge in [-0.15, -0.1) is 11.8 Å². The number of hydrogen-bond donors (Lipinski definition) is 3. The van der Waals surface area contributed by atoms with Crippen molar-refractivity contribution in [1.82, 2.24) is 5.43 Å². The topological polar surface area (TPSA) is 88.5 Å². The Hall–Kier alpha value is -1.92. The number of carbonyl (C=O) groups is 1. The van der Waals surface area contributed by atoms with Crippen molar-refractivity contribution in [2.24, 2.45) is 5.84 Å². The summed E-state index contributed by atoms with van der Waals surface area (Å²) in [5, 5.41) is 9.34. The third-order valence-electron chi connectivity index (χ3n) is 2.30. The molecule has 0 spiro atoms. The molecule has 0 bridgehead atoms. The maximum Gasteiger partial charge on any atom is 0.301 e. The number of hydrogen-bond acceptors (Lipinski definition) is 5. The summed E-state index contributed by atoms with van der Waals surface area (Å²) >= 11 is 1.49. The van der Waals surface area contributed by atoms with Crippen molar-refractivity contribution in [1.29, 1.82) is 0 Å². The molecule has 5 nitrogen and oxygen atoms in total. The Bertz CT molecular complexity index is 554. The van der Waals surface area contributed by atoms with Gasteiger partial charge in [-0.1, -0.05) is 6.07 Å². The molecule has 0 unspecified atom stereocenters. The van der Waals surface area contributed by atoms with Gasteiger partial charge in [-0.2, -0.15) is 0 Å². The number of nitrogens with one attached hydrogen (secondary N) is 1. The highest BCUT2D eigenvalue weighted by molar-refractivity contribution is 7.98. The quantitative estimate of drug-likeness (QED) is 0.339. The summed E-state index contributed by atoms with van der Waals surface area (Å²) in [5.74, 6) is 5.59. The molecule has 0 saturated carbocycles. The van der Waals surface area contributed by atoms with Crippen LogP contribution in [0.2, 0.25) is 0 Å². The lowest BCUT2D eigenvalue weighted by Crippen LogP contribution is -2.30.